The lowest BCUT2D eigenvalue weighted by Gasteiger charge is -2.16. The molecule has 1 aromatic carbocycles. The van der Waals surface area contributed by atoms with Gasteiger partial charge in [0.25, 0.3) is 0 Å². The van der Waals surface area contributed by atoms with Crippen molar-refractivity contribution in [3.05, 3.63) is 57.6 Å². The van der Waals surface area contributed by atoms with E-state index in [1.165, 1.54) is 13.2 Å². The zero-order valence-electron chi connectivity index (χ0n) is 10.2. The Hall–Kier alpha value is -2.72. The summed E-state index contributed by atoms with van der Waals surface area (Å²) in [6.45, 7) is 0.304. The standard InChI is InChI=1S/C13H11N3O3/c1-18-13(17)11(15-16-14)7-9-6-10-4-2-3-5-12(10)19-8-9/h2-7H,8H2,1H3/b11-7-. The van der Waals surface area contributed by atoms with Crippen molar-refractivity contribution in [2.45, 2.75) is 0 Å². The van der Waals surface area contributed by atoms with Crippen molar-refractivity contribution in [3.8, 4) is 5.75 Å². The summed E-state index contributed by atoms with van der Waals surface area (Å²) in [5.74, 6) is 0.0978. The largest absolute Gasteiger partial charge is 0.488 e. The molecule has 0 amide bonds. The summed E-state index contributed by atoms with van der Waals surface area (Å²) in [7, 11) is 1.23. The molecule has 0 atom stereocenters. The number of hydrogen-bond acceptors (Lipinski definition) is 4. The Kier molecular flexibility index (Phi) is 3.85. The molecule has 0 aliphatic carbocycles. The molecule has 6 heteroatoms. The second-order valence-electron chi connectivity index (χ2n) is 3.76. The Bertz CT molecular complexity index is 613. The smallest absolute Gasteiger partial charge is 0.340 e. The number of benzene rings is 1. The first kappa shape index (κ1) is 12.7. The van der Waals surface area contributed by atoms with Crippen molar-refractivity contribution in [1.29, 1.82) is 0 Å². The zero-order chi connectivity index (χ0) is 13.7. The first-order valence-electron chi connectivity index (χ1n) is 5.52. The van der Waals surface area contributed by atoms with Gasteiger partial charge >= 0.3 is 5.97 Å². The van der Waals surface area contributed by atoms with Crippen LogP contribution in [0.25, 0.3) is 16.5 Å². The molecule has 0 spiro atoms. The minimum absolute atomic E-state index is 0.0979. The van der Waals surface area contributed by atoms with Crippen LogP contribution in [0.3, 0.4) is 0 Å². The molecule has 0 fully saturated rings. The molecule has 0 saturated carbocycles. The quantitative estimate of drug-likeness (QED) is 0.274. The summed E-state index contributed by atoms with van der Waals surface area (Å²) < 4.78 is 10.1. The fraction of sp³-hybridized carbons (Fsp3) is 0.154. The highest BCUT2D eigenvalue weighted by Crippen LogP contribution is 2.26. The first-order chi connectivity index (χ1) is 9.24. The van der Waals surface area contributed by atoms with Gasteiger partial charge in [-0.3, -0.25) is 0 Å². The third kappa shape index (κ3) is 2.94. The van der Waals surface area contributed by atoms with E-state index in [-0.39, 0.29) is 5.70 Å². The van der Waals surface area contributed by atoms with Crippen molar-refractivity contribution < 1.29 is 14.3 Å². The van der Waals surface area contributed by atoms with E-state index in [4.69, 9.17) is 10.3 Å². The van der Waals surface area contributed by atoms with Gasteiger partial charge in [-0.1, -0.05) is 23.3 Å². The molecule has 1 aromatic rings. The van der Waals surface area contributed by atoms with Crippen LogP contribution in [0.15, 0.2) is 46.7 Å². The Balaban J connectivity index is 2.35. The lowest BCUT2D eigenvalue weighted by molar-refractivity contribution is -0.136. The zero-order valence-corrected chi connectivity index (χ0v) is 10.2. The maximum absolute atomic E-state index is 11.4. The normalized spacial score (nSPS) is 13.5. The number of ether oxygens (including phenoxy) is 2. The second-order valence-corrected chi connectivity index (χ2v) is 3.76. The van der Waals surface area contributed by atoms with Gasteiger partial charge in [-0.2, -0.15) is 0 Å². The molecule has 0 bridgehead atoms. The summed E-state index contributed by atoms with van der Waals surface area (Å²) >= 11 is 0. The third-order valence-corrected chi connectivity index (χ3v) is 2.52. The van der Waals surface area contributed by atoms with Crippen molar-refractivity contribution >= 4 is 12.0 Å². The predicted molar refractivity (Wildman–Crippen MR) is 69.2 cm³/mol. The molecule has 1 aliphatic heterocycles. The molecule has 19 heavy (non-hydrogen) atoms. The number of para-hydroxylation sites is 1. The molecule has 2 rings (SSSR count). The van der Waals surface area contributed by atoms with Crippen molar-refractivity contribution in [3.63, 3.8) is 0 Å². The summed E-state index contributed by atoms with van der Waals surface area (Å²) in [5.41, 5.74) is 9.97. The van der Waals surface area contributed by atoms with E-state index in [0.29, 0.717) is 6.61 Å². The first-order valence-corrected chi connectivity index (χ1v) is 5.52. The number of nitrogens with zero attached hydrogens (tertiary/aromatic N) is 3. The lowest BCUT2D eigenvalue weighted by Crippen LogP contribution is -2.08. The molecule has 0 saturated heterocycles. The fourth-order valence-electron chi connectivity index (χ4n) is 1.67. The van der Waals surface area contributed by atoms with Crippen molar-refractivity contribution in [2.24, 2.45) is 5.11 Å². The molecular weight excluding hydrogens is 246 g/mol. The average molecular weight is 257 g/mol. The van der Waals surface area contributed by atoms with Gasteiger partial charge < -0.3 is 9.47 Å². The summed E-state index contributed by atoms with van der Waals surface area (Å²) in [4.78, 5) is 14.0. The molecular formula is C13H11N3O3. The molecule has 6 nitrogen and oxygen atoms in total. The van der Waals surface area contributed by atoms with Crippen LogP contribution < -0.4 is 4.74 Å². The number of hydrogen-bond donors (Lipinski definition) is 0. The molecule has 0 N–H and O–H groups in total. The van der Waals surface area contributed by atoms with Gasteiger partial charge in [-0.05, 0) is 29.3 Å². The molecule has 1 aliphatic rings. The van der Waals surface area contributed by atoms with Gasteiger partial charge in [-0.15, -0.1) is 0 Å². The Morgan fingerprint density at radius 2 is 2.32 bits per heavy atom. The van der Waals surface area contributed by atoms with Crippen LogP contribution in [-0.4, -0.2) is 19.7 Å². The predicted octanol–water partition coefficient (Wildman–Crippen LogP) is 2.83. The summed E-state index contributed by atoms with van der Waals surface area (Å²) in [5, 5.41) is 3.32. The molecule has 0 unspecified atom stereocenters. The van der Waals surface area contributed by atoms with Gasteiger partial charge in [0, 0.05) is 10.5 Å². The lowest BCUT2D eigenvalue weighted by atomic mass is 10.1. The minimum Gasteiger partial charge on any atom is -0.488 e. The van der Waals surface area contributed by atoms with Crippen LogP contribution in [-0.2, 0) is 9.53 Å². The average Bonchev–Trinajstić information content (AvgIpc) is 2.46. The van der Waals surface area contributed by atoms with Gasteiger partial charge in [0.05, 0.1) is 7.11 Å². The second kappa shape index (κ2) is 5.75. The molecule has 96 valence electrons. The highest BCUT2D eigenvalue weighted by Gasteiger charge is 2.12. The summed E-state index contributed by atoms with van der Waals surface area (Å²) in [6.07, 6.45) is 3.33. The summed E-state index contributed by atoms with van der Waals surface area (Å²) in [6, 6.07) is 7.53. The van der Waals surface area contributed by atoms with Crippen LogP contribution in [0.2, 0.25) is 0 Å². The molecule has 0 aromatic heterocycles. The van der Waals surface area contributed by atoms with E-state index in [1.54, 1.807) is 0 Å². The van der Waals surface area contributed by atoms with Crippen LogP contribution in [0.4, 0.5) is 0 Å². The van der Waals surface area contributed by atoms with Crippen molar-refractivity contribution in [1.82, 2.24) is 0 Å². The number of azide groups is 1. The number of esters is 1. The number of carbonyl (C=O) groups excluding carboxylic acids is 1. The van der Waals surface area contributed by atoms with Gasteiger partial charge in [0.15, 0.2) is 0 Å². The van der Waals surface area contributed by atoms with Crippen molar-refractivity contribution in [2.75, 3.05) is 13.7 Å². The molecule has 1 heterocycles. The van der Waals surface area contributed by atoms with E-state index < -0.39 is 5.97 Å². The highest BCUT2D eigenvalue weighted by molar-refractivity contribution is 5.89. The number of fused-ring (bicyclic) bond motifs is 1. The van der Waals surface area contributed by atoms with Gasteiger partial charge in [-0.25, -0.2) is 4.79 Å². The maximum atomic E-state index is 11.4. The number of methoxy groups -OCH3 is 1. The molecule has 0 radical (unpaired) electrons. The SMILES string of the molecule is COC(=O)/C(=C/C1=Cc2ccccc2OC1)N=[N+]=[N-]. The Morgan fingerprint density at radius 3 is 3.05 bits per heavy atom. The topological polar surface area (TPSA) is 84.3 Å². The van der Waals surface area contributed by atoms with Gasteiger partial charge in [0.1, 0.15) is 18.1 Å². The van der Waals surface area contributed by atoms with Crippen LogP contribution in [0.5, 0.6) is 5.75 Å². The monoisotopic (exact) mass is 257 g/mol. The van der Waals surface area contributed by atoms with E-state index in [2.05, 4.69) is 14.8 Å². The van der Waals surface area contributed by atoms with E-state index in [0.717, 1.165) is 16.9 Å². The number of carbonyl (C=O) groups is 1. The van der Waals surface area contributed by atoms with E-state index >= 15 is 0 Å². The minimum atomic E-state index is -0.683. The van der Waals surface area contributed by atoms with E-state index in [1.807, 2.05) is 30.3 Å². The third-order valence-electron chi connectivity index (χ3n) is 2.52. The van der Waals surface area contributed by atoms with Crippen LogP contribution >= 0.6 is 0 Å². The van der Waals surface area contributed by atoms with Gasteiger partial charge in [0.2, 0.25) is 0 Å². The fourth-order valence-corrected chi connectivity index (χ4v) is 1.67. The van der Waals surface area contributed by atoms with Crippen LogP contribution in [0, 0.1) is 0 Å². The Labute approximate surface area is 109 Å². The number of rotatable bonds is 3. The highest BCUT2D eigenvalue weighted by atomic mass is 16.5. The Morgan fingerprint density at radius 1 is 1.53 bits per heavy atom. The van der Waals surface area contributed by atoms with E-state index in [9.17, 15) is 4.79 Å². The maximum Gasteiger partial charge on any atom is 0.340 e. The van der Waals surface area contributed by atoms with Crippen LogP contribution in [0.1, 0.15) is 5.56 Å².